The van der Waals surface area contributed by atoms with Gasteiger partial charge in [0.15, 0.2) is 0 Å². The number of aromatic amines is 1. The number of fused-ring (bicyclic) bond motifs is 1. The Morgan fingerprint density at radius 1 is 1.28 bits per heavy atom. The Balaban J connectivity index is 1.93. The van der Waals surface area contributed by atoms with Gasteiger partial charge in [-0.15, -0.1) is 11.8 Å². The van der Waals surface area contributed by atoms with Gasteiger partial charge in [0.05, 0.1) is 17.7 Å². The zero-order valence-corrected chi connectivity index (χ0v) is 14.7. The van der Waals surface area contributed by atoms with Crippen molar-refractivity contribution < 1.29 is 9.53 Å². The summed E-state index contributed by atoms with van der Waals surface area (Å²) in [6.45, 7) is 0. The number of aromatic nitrogens is 1. The first-order valence-corrected chi connectivity index (χ1v) is 9.11. The Morgan fingerprint density at radius 2 is 2.00 bits per heavy atom. The van der Waals surface area contributed by atoms with Crippen LogP contribution in [0.2, 0.25) is 0 Å². The van der Waals surface area contributed by atoms with Crippen molar-refractivity contribution in [3.05, 3.63) is 62.4 Å². The summed E-state index contributed by atoms with van der Waals surface area (Å²) in [5.74, 6) is 0.172. The summed E-state index contributed by atoms with van der Waals surface area (Å²) < 4.78 is 4.83. The lowest BCUT2D eigenvalue weighted by atomic mass is 9.90. The lowest BCUT2D eigenvalue weighted by Gasteiger charge is -2.19. The van der Waals surface area contributed by atoms with Crippen LogP contribution in [-0.2, 0) is 23.3 Å². The average molecular weight is 354 g/mol. The fourth-order valence-electron chi connectivity index (χ4n) is 3.16. The second-order valence-corrected chi connectivity index (χ2v) is 6.86. The molecule has 0 amide bonds. The normalized spacial score (nSPS) is 13.0. The molecule has 0 radical (unpaired) electrons. The standard InChI is InChI=1S/C19H18N2O3S/c1-24-19(23)13-7-3-2-6-12(13)11-25-18-15-9-5-4-8-14(15)16(10-20)17(22)21-18/h2-3,6-7H,4-5,8-9,11H2,1H3,(H,21,22). The maximum absolute atomic E-state index is 12.2. The second-order valence-electron chi connectivity index (χ2n) is 5.87. The zero-order chi connectivity index (χ0) is 17.8. The van der Waals surface area contributed by atoms with E-state index in [0.717, 1.165) is 47.4 Å². The van der Waals surface area contributed by atoms with E-state index in [0.29, 0.717) is 11.3 Å². The smallest absolute Gasteiger partial charge is 0.338 e. The Hall–Kier alpha value is -2.52. The number of methoxy groups -OCH3 is 1. The maximum atomic E-state index is 12.2. The van der Waals surface area contributed by atoms with Gasteiger partial charge in [0.1, 0.15) is 11.6 Å². The van der Waals surface area contributed by atoms with Gasteiger partial charge in [-0.1, -0.05) is 18.2 Å². The quantitative estimate of drug-likeness (QED) is 0.673. The largest absolute Gasteiger partial charge is 0.465 e. The molecule has 1 aromatic heterocycles. The summed E-state index contributed by atoms with van der Waals surface area (Å²) in [5.41, 5.74) is 3.27. The molecule has 0 saturated carbocycles. The first-order chi connectivity index (χ1) is 12.2. The highest BCUT2D eigenvalue weighted by atomic mass is 32.2. The minimum Gasteiger partial charge on any atom is -0.465 e. The summed E-state index contributed by atoms with van der Waals surface area (Å²) in [6.07, 6.45) is 3.69. The fourth-order valence-corrected chi connectivity index (χ4v) is 4.27. The number of nitriles is 1. The highest BCUT2D eigenvalue weighted by Crippen LogP contribution is 2.32. The third-order valence-electron chi connectivity index (χ3n) is 4.40. The fraction of sp³-hybridized carbons (Fsp3) is 0.316. The lowest BCUT2D eigenvalue weighted by molar-refractivity contribution is 0.0600. The number of rotatable bonds is 4. The van der Waals surface area contributed by atoms with Crippen molar-refractivity contribution in [3.8, 4) is 6.07 Å². The molecule has 0 atom stereocenters. The highest BCUT2D eigenvalue weighted by molar-refractivity contribution is 7.98. The van der Waals surface area contributed by atoms with Gasteiger partial charge in [0.25, 0.3) is 5.56 Å². The topological polar surface area (TPSA) is 83.0 Å². The molecule has 0 aliphatic heterocycles. The molecule has 0 fully saturated rings. The van der Waals surface area contributed by atoms with E-state index in [9.17, 15) is 14.9 Å². The summed E-state index contributed by atoms with van der Waals surface area (Å²) >= 11 is 1.49. The number of esters is 1. The van der Waals surface area contributed by atoms with Crippen molar-refractivity contribution in [2.24, 2.45) is 0 Å². The molecule has 1 heterocycles. The van der Waals surface area contributed by atoms with Gasteiger partial charge < -0.3 is 9.72 Å². The van der Waals surface area contributed by atoms with Crippen molar-refractivity contribution in [3.63, 3.8) is 0 Å². The maximum Gasteiger partial charge on any atom is 0.338 e. The van der Waals surface area contributed by atoms with Crippen LogP contribution in [0, 0.1) is 11.3 Å². The summed E-state index contributed by atoms with van der Waals surface area (Å²) in [5, 5.41) is 10.1. The molecule has 1 N–H and O–H groups in total. The zero-order valence-electron chi connectivity index (χ0n) is 13.9. The number of hydrogen-bond acceptors (Lipinski definition) is 5. The number of nitrogens with one attached hydrogen (secondary N) is 1. The second kappa shape index (κ2) is 7.58. The Labute approximate surface area is 150 Å². The molecule has 25 heavy (non-hydrogen) atoms. The SMILES string of the molecule is COC(=O)c1ccccc1CSc1[nH]c(=O)c(C#N)c2c1CCCC2. The van der Waals surface area contributed by atoms with Crippen LogP contribution >= 0.6 is 11.8 Å². The number of pyridine rings is 1. The van der Waals surface area contributed by atoms with Crippen LogP contribution in [-0.4, -0.2) is 18.1 Å². The molecule has 0 unspecified atom stereocenters. The minimum absolute atomic E-state index is 0.244. The molecule has 2 aromatic rings. The van der Waals surface area contributed by atoms with Crippen molar-refractivity contribution >= 4 is 17.7 Å². The molecule has 1 aliphatic rings. The van der Waals surface area contributed by atoms with E-state index in [1.54, 1.807) is 12.1 Å². The van der Waals surface area contributed by atoms with E-state index < -0.39 is 0 Å². The first kappa shape index (κ1) is 17.3. The molecule has 1 aliphatic carbocycles. The first-order valence-electron chi connectivity index (χ1n) is 8.13. The molecule has 3 rings (SSSR count). The third-order valence-corrected chi connectivity index (χ3v) is 5.50. The Bertz CT molecular complexity index is 912. The molecule has 5 nitrogen and oxygen atoms in total. The van der Waals surface area contributed by atoms with Crippen molar-refractivity contribution in [2.45, 2.75) is 36.5 Å². The number of hydrogen-bond donors (Lipinski definition) is 1. The van der Waals surface area contributed by atoms with Crippen molar-refractivity contribution in [1.29, 1.82) is 5.26 Å². The van der Waals surface area contributed by atoms with E-state index in [1.807, 2.05) is 18.2 Å². The average Bonchev–Trinajstić information content (AvgIpc) is 2.65. The number of carbonyl (C=O) groups is 1. The van der Waals surface area contributed by atoms with Crippen LogP contribution in [0.4, 0.5) is 0 Å². The molecular formula is C19H18N2O3S. The van der Waals surface area contributed by atoms with Crippen LogP contribution in [0.5, 0.6) is 0 Å². The predicted molar refractivity (Wildman–Crippen MR) is 95.8 cm³/mol. The predicted octanol–water partition coefficient (Wildman–Crippen LogP) is 3.20. The summed E-state index contributed by atoms with van der Waals surface area (Å²) in [6, 6.07) is 9.33. The van der Waals surface area contributed by atoms with Crippen LogP contribution in [0.3, 0.4) is 0 Å². The third kappa shape index (κ3) is 3.47. The number of nitrogens with zero attached hydrogens (tertiary/aromatic N) is 1. The van der Waals surface area contributed by atoms with Crippen LogP contribution < -0.4 is 5.56 Å². The van der Waals surface area contributed by atoms with Crippen LogP contribution in [0.1, 0.15) is 45.5 Å². The molecular weight excluding hydrogens is 336 g/mol. The van der Waals surface area contributed by atoms with Gasteiger partial charge >= 0.3 is 5.97 Å². The molecule has 0 bridgehead atoms. The molecule has 1 aromatic carbocycles. The highest BCUT2D eigenvalue weighted by Gasteiger charge is 2.21. The van der Waals surface area contributed by atoms with E-state index in [4.69, 9.17) is 4.74 Å². The summed E-state index contributed by atoms with van der Waals surface area (Å²) in [4.78, 5) is 27.0. The van der Waals surface area contributed by atoms with Crippen molar-refractivity contribution in [1.82, 2.24) is 4.98 Å². The minimum atomic E-state index is -0.369. The van der Waals surface area contributed by atoms with E-state index in [-0.39, 0.29) is 17.1 Å². The Kier molecular flexibility index (Phi) is 5.25. The lowest BCUT2D eigenvalue weighted by Crippen LogP contribution is -2.20. The number of H-pyrrole nitrogens is 1. The van der Waals surface area contributed by atoms with Crippen molar-refractivity contribution in [2.75, 3.05) is 7.11 Å². The monoisotopic (exact) mass is 354 g/mol. The van der Waals surface area contributed by atoms with Gasteiger partial charge in [0.2, 0.25) is 0 Å². The molecule has 128 valence electrons. The molecule has 6 heteroatoms. The number of thioether (sulfide) groups is 1. The van der Waals surface area contributed by atoms with Gasteiger partial charge in [0, 0.05) is 5.75 Å². The van der Waals surface area contributed by atoms with Crippen LogP contribution in [0.15, 0.2) is 34.1 Å². The number of benzene rings is 1. The van der Waals surface area contributed by atoms with E-state index in [2.05, 4.69) is 4.98 Å². The number of carbonyl (C=O) groups excluding carboxylic acids is 1. The summed E-state index contributed by atoms with van der Waals surface area (Å²) in [7, 11) is 1.36. The van der Waals surface area contributed by atoms with Gasteiger partial charge in [-0.25, -0.2) is 4.79 Å². The van der Waals surface area contributed by atoms with Gasteiger partial charge in [-0.3, -0.25) is 4.79 Å². The van der Waals surface area contributed by atoms with E-state index >= 15 is 0 Å². The molecule has 0 spiro atoms. The van der Waals surface area contributed by atoms with E-state index in [1.165, 1.54) is 18.9 Å². The van der Waals surface area contributed by atoms with Crippen LogP contribution in [0.25, 0.3) is 0 Å². The van der Waals surface area contributed by atoms with Gasteiger partial charge in [-0.2, -0.15) is 5.26 Å². The van der Waals surface area contributed by atoms with Gasteiger partial charge in [-0.05, 0) is 48.4 Å². The number of ether oxygens (including phenoxy) is 1. The Morgan fingerprint density at radius 3 is 2.72 bits per heavy atom. The molecule has 0 saturated heterocycles.